The number of aryl methyl sites for hydroxylation is 1. The number of nitrogens with zero attached hydrogens (tertiary/aromatic N) is 1. The first-order valence-corrected chi connectivity index (χ1v) is 4.58. The van der Waals surface area contributed by atoms with E-state index in [9.17, 15) is 8.78 Å². The minimum Gasteiger partial charge on any atom is -0.240 e. The molecule has 1 heterocycles. The number of hydrogen-bond donors (Lipinski definition) is 0. The highest BCUT2D eigenvalue weighted by Crippen LogP contribution is 2.27. The van der Waals surface area contributed by atoms with Gasteiger partial charge in [0, 0.05) is 3.57 Å². The van der Waals surface area contributed by atoms with Gasteiger partial charge in [0.15, 0.2) is 0 Å². The van der Waals surface area contributed by atoms with Crippen molar-refractivity contribution in [2.24, 2.45) is 0 Å². The highest BCUT2D eigenvalue weighted by Gasteiger charge is 2.14. The Morgan fingerprint density at radius 3 is 2.67 bits per heavy atom. The largest absolute Gasteiger partial charge is 0.266 e. The summed E-state index contributed by atoms with van der Waals surface area (Å²) in [6.07, 6.45) is -2.56. The van der Waals surface area contributed by atoms with Gasteiger partial charge in [-0.2, -0.15) is 0 Å². The van der Waals surface area contributed by atoms with Crippen LogP contribution in [0.5, 0.6) is 0 Å². The van der Waals surface area contributed by atoms with Crippen LogP contribution in [0.3, 0.4) is 0 Å². The van der Waals surface area contributed by atoms with Crippen LogP contribution in [-0.4, -0.2) is 4.98 Å². The van der Waals surface area contributed by atoms with Crippen LogP contribution in [0.15, 0.2) is 6.07 Å². The molecule has 0 spiro atoms. The van der Waals surface area contributed by atoms with Crippen molar-refractivity contribution in [1.82, 2.24) is 4.98 Å². The highest BCUT2D eigenvalue weighted by molar-refractivity contribution is 14.1. The van der Waals surface area contributed by atoms with Crippen molar-refractivity contribution >= 4 is 34.2 Å². The van der Waals surface area contributed by atoms with Crippen LogP contribution >= 0.6 is 34.2 Å². The summed E-state index contributed by atoms with van der Waals surface area (Å²) in [6, 6.07) is 1.36. The second-order valence-electron chi connectivity index (χ2n) is 2.24. The normalized spacial score (nSPS) is 10.8. The molecule has 1 aromatic rings. The fourth-order valence-corrected chi connectivity index (χ4v) is 1.44. The molecule has 1 nitrogen and oxygen atoms in total. The summed E-state index contributed by atoms with van der Waals surface area (Å²) < 4.78 is 25.1. The molecule has 0 aliphatic carbocycles. The number of hydrogen-bond acceptors (Lipinski definition) is 1. The molecule has 0 aliphatic heterocycles. The second-order valence-corrected chi connectivity index (χ2v) is 3.76. The van der Waals surface area contributed by atoms with Gasteiger partial charge in [0.25, 0.3) is 6.43 Å². The zero-order valence-corrected chi connectivity index (χ0v) is 9.03. The topological polar surface area (TPSA) is 12.9 Å². The fourth-order valence-electron chi connectivity index (χ4n) is 0.719. The standard InChI is InChI=1S/C7H5ClF2IN/c1-3-5(11)2-4(7(9)10)6(8)12-3/h2,7H,1H3. The van der Waals surface area contributed by atoms with Crippen molar-refractivity contribution in [1.29, 1.82) is 0 Å². The maximum absolute atomic E-state index is 12.2. The van der Waals surface area contributed by atoms with E-state index in [2.05, 4.69) is 4.98 Å². The molecule has 66 valence electrons. The summed E-state index contributed by atoms with van der Waals surface area (Å²) in [6.45, 7) is 1.73. The molecule has 0 bridgehead atoms. The molecule has 1 rings (SSSR count). The Bertz CT molecular complexity index is 304. The molecule has 0 fully saturated rings. The predicted molar refractivity (Wildman–Crippen MR) is 51.7 cm³/mol. The Kier molecular flexibility index (Phi) is 3.22. The van der Waals surface area contributed by atoms with Crippen LogP contribution < -0.4 is 0 Å². The lowest BCUT2D eigenvalue weighted by molar-refractivity contribution is 0.151. The molecule has 0 radical (unpaired) electrons. The summed E-state index contributed by atoms with van der Waals surface area (Å²) in [7, 11) is 0. The van der Waals surface area contributed by atoms with Gasteiger partial charge in [-0.25, -0.2) is 13.8 Å². The first-order valence-electron chi connectivity index (χ1n) is 3.13. The van der Waals surface area contributed by atoms with Gasteiger partial charge in [0.1, 0.15) is 5.15 Å². The van der Waals surface area contributed by atoms with E-state index in [1.165, 1.54) is 6.07 Å². The molecule has 0 atom stereocenters. The third-order valence-electron chi connectivity index (χ3n) is 1.37. The molecular formula is C7H5ClF2IN. The van der Waals surface area contributed by atoms with Crippen LogP contribution in [0, 0.1) is 10.5 Å². The average Bonchev–Trinajstić information content (AvgIpc) is 1.96. The summed E-state index contributed by atoms with van der Waals surface area (Å²) in [4.78, 5) is 3.77. The first-order chi connectivity index (χ1) is 5.52. The van der Waals surface area contributed by atoms with Crippen molar-refractivity contribution in [2.45, 2.75) is 13.3 Å². The second kappa shape index (κ2) is 3.83. The molecule has 0 saturated carbocycles. The Morgan fingerprint density at radius 2 is 2.17 bits per heavy atom. The third-order valence-corrected chi connectivity index (χ3v) is 2.76. The van der Waals surface area contributed by atoms with Crippen molar-refractivity contribution < 1.29 is 8.78 Å². The quantitative estimate of drug-likeness (QED) is 0.571. The van der Waals surface area contributed by atoms with Crippen LogP contribution in [-0.2, 0) is 0 Å². The van der Waals surface area contributed by atoms with Crippen LogP contribution in [0.25, 0.3) is 0 Å². The molecule has 0 aromatic carbocycles. The van der Waals surface area contributed by atoms with Crippen LogP contribution in [0.1, 0.15) is 17.7 Å². The van der Waals surface area contributed by atoms with Crippen molar-refractivity contribution in [3.8, 4) is 0 Å². The van der Waals surface area contributed by atoms with Crippen molar-refractivity contribution in [3.63, 3.8) is 0 Å². The molecule has 5 heteroatoms. The van der Waals surface area contributed by atoms with E-state index in [1.54, 1.807) is 6.92 Å². The van der Waals surface area contributed by atoms with Gasteiger partial charge in [-0.05, 0) is 35.6 Å². The van der Waals surface area contributed by atoms with E-state index in [-0.39, 0.29) is 10.7 Å². The van der Waals surface area contributed by atoms with Crippen LogP contribution in [0.4, 0.5) is 8.78 Å². The van der Waals surface area contributed by atoms with Gasteiger partial charge in [-0.3, -0.25) is 0 Å². The zero-order chi connectivity index (χ0) is 9.30. The molecule has 0 unspecified atom stereocenters. The van der Waals surface area contributed by atoms with E-state index in [1.807, 2.05) is 22.6 Å². The van der Waals surface area contributed by atoms with E-state index in [0.29, 0.717) is 9.26 Å². The van der Waals surface area contributed by atoms with E-state index in [4.69, 9.17) is 11.6 Å². The molecule has 0 N–H and O–H groups in total. The molecule has 0 amide bonds. The SMILES string of the molecule is Cc1nc(Cl)c(C(F)F)cc1I. The Hall–Kier alpha value is 0.0300. The zero-order valence-electron chi connectivity index (χ0n) is 6.11. The Balaban J connectivity index is 3.23. The summed E-state index contributed by atoms with van der Waals surface area (Å²) in [5, 5.41) is -0.108. The minimum absolute atomic E-state index is 0.108. The number of aromatic nitrogens is 1. The van der Waals surface area contributed by atoms with Crippen molar-refractivity contribution in [3.05, 3.63) is 26.0 Å². The smallest absolute Gasteiger partial charge is 0.240 e. The molecule has 12 heavy (non-hydrogen) atoms. The predicted octanol–water partition coefficient (Wildman–Crippen LogP) is 3.59. The lowest BCUT2D eigenvalue weighted by atomic mass is 10.2. The van der Waals surface area contributed by atoms with Gasteiger partial charge in [-0.15, -0.1) is 0 Å². The number of alkyl halides is 2. The molecule has 0 aliphatic rings. The molecule has 0 saturated heterocycles. The van der Waals surface area contributed by atoms with E-state index < -0.39 is 6.43 Å². The highest BCUT2D eigenvalue weighted by atomic mass is 127. The molecule has 1 aromatic heterocycles. The first kappa shape index (κ1) is 10.1. The van der Waals surface area contributed by atoms with E-state index in [0.717, 1.165) is 0 Å². The van der Waals surface area contributed by atoms with E-state index >= 15 is 0 Å². The summed E-state index contributed by atoms with van der Waals surface area (Å²) in [5.41, 5.74) is 0.469. The van der Waals surface area contributed by atoms with Gasteiger partial charge in [0.05, 0.1) is 11.3 Å². The number of rotatable bonds is 1. The molecular weight excluding hydrogens is 298 g/mol. The minimum atomic E-state index is -2.56. The van der Waals surface area contributed by atoms with Gasteiger partial charge in [-0.1, -0.05) is 11.6 Å². The average molecular weight is 303 g/mol. The van der Waals surface area contributed by atoms with Crippen molar-refractivity contribution in [2.75, 3.05) is 0 Å². The maximum atomic E-state index is 12.2. The monoisotopic (exact) mass is 303 g/mol. The lowest BCUT2D eigenvalue weighted by Crippen LogP contribution is -1.94. The Morgan fingerprint density at radius 1 is 1.58 bits per heavy atom. The van der Waals surface area contributed by atoms with Gasteiger partial charge in [0.2, 0.25) is 0 Å². The fraction of sp³-hybridized carbons (Fsp3) is 0.286. The third kappa shape index (κ3) is 2.04. The number of pyridine rings is 1. The summed E-state index contributed by atoms with van der Waals surface area (Å²) in [5.74, 6) is 0. The maximum Gasteiger partial charge on any atom is 0.266 e. The Labute approximate surface area is 87.3 Å². The summed E-state index contributed by atoms with van der Waals surface area (Å²) >= 11 is 7.45. The lowest BCUT2D eigenvalue weighted by Gasteiger charge is -2.04. The van der Waals surface area contributed by atoms with Crippen LogP contribution in [0.2, 0.25) is 5.15 Å². The van der Waals surface area contributed by atoms with Gasteiger partial charge >= 0.3 is 0 Å². The van der Waals surface area contributed by atoms with Gasteiger partial charge < -0.3 is 0 Å². The number of halogens is 4.